The first-order chi connectivity index (χ1) is 21.8. The van der Waals surface area contributed by atoms with Gasteiger partial charge in [-0.15, -0.1) is 0 Å². The molecule has 2 heterocycles. The van der Waals surface area contributed by atoms with E-state index in [2.05, 4.69) is 150 Å². The number of fused-ring (bicyclic) bond motifs is 13. The lowest BCUT2D eigenvalue weighted by Gasteiger charge is -2.16. The maximum Gasteiger partial charge on any atom is 0.138 e. The molecule has 1 aliphatic carbocycles. The third-order valence-corrected chi connectivity index (χ3v) is 9.58. The van der Waals surface area contributed by atoms with Crippen molar-refractivity contribution in [2.24, 2.45) is 0 Å². The second kappa shape index (κ2) is 8.89. The van der Waals surface area contributed by atoms with E-state index in [0.29, 0.717) is 0 Å². The predicted molar refractivity (Wildman–Crippen MR) is 185 cm³/mol. The van der Waals surface area contributed by atoms with Crippen LogP contribution in [0.15, 0.2) is 146 Å². The number of pyridine rings is 1. The van der Waals surface area contributed by atoms with E-state index in [0.717, 1.165) is 23.5 Å². The molecule has 2 nitrogen and oxygen atoms in total. The number of para-hydroxylation sites is 1. The summed E-state index contributed by atoms with van der Waals surface area (Å²) in [6, 6.07) is 52.9. The summed E-state index contributed by atoms with van der Waals surface area (Å²) >= 11 is 0. The van der Waals surface area contributed by atoms with Crippen LogP contribution in [0.25, 0.3) is 82.3 Å². The summed E-state index contributed by atoms with van der Waals surface area (Å²) in [7, 11) is 0. The van der Waals surface area contributed by atoms with Gasteiger partial charge in [0.05, 0.1) is 16.7 Å². The van der Waals surface area contributed by atoms with Crippen LogP contribution in [0.5, 0.6) is 0 Å². The zero-order valence-electron chi connectivity index (χ0n) is 24.0. The average molecular weight is 559 g/mol. The summed E-state index contributed by atoms with van der Waals surface area (Å²) in [4.78, 5) is 5.54. The van der Waals surface area contributed by atoms with Crippen LogP contribution in [0.1, 0.15) is 11.1 Å². The lowest BCUT2D eigenvalue weighted by Crippen LogP contribution is -2.02. The van der Waals surface area contributed by atoms with Crippen LogP contribution < -0.4 is 0 Å². The van der Waals surface area contributed by atoms with E-state index in [1.165, 1.54) is 76.4 Å². The number of hydrogen-bond donors (Lipinski definition) is 0. The third kappa shape index (κ3) is 3.17. The Morgan fingerprint density at radius 2 is 1.23 bits per heavy atom. The average Bonchev–Trinajstić information content (AvgIpc) is 3.65. The van der Waals surface area contributed by atoms with E-state index in [-0.39, 0.29) is 0 Å². The fraction of sp³-hybridized carbons (Fsp3) is 0.0238. The number of aromatic nitrogens is 2. The Morgan fingerprint density at radius 1 is 0.523 bits per heavy atom. The van der Waals surface area contributed by atoms with Crippen LogP contribution in [0.4, 0.5) is 0 Å². The summed E-state index contributed by atoms with van der Waals surface area (Å²) in [5.74, 6) is 0.951. The molecule has 7 aromatic carbocycles. The molecule has 44 heavy (non-hydrogen) atoms. The summed E-state index contributed by atoms with van der Waals surface area (Å²) in [6.07, 6.45) is 0.908. The quantitative estimate of drug-likeness (QED) is 0.193. The summed E-state index contributed by atoms with van der Waals surface area (Å²) < 4.78 is 2.45. The van der Waals surface area contributed by atoms with Crippen molar-refractivity contribution in [1.82, 2.24) is 9.55 Å². The van der Waals surface area contributed by atoms with Gasteiger partial charge in [0.1, 0.15) is 5.82 Å². The highest BCUT2D eigenvalue weighted by Gasteiger charge is 2.28. The van der Waals surface area contributed by atoms with Crippen LogP contribution in [0.3, 0.4) is 0 Å². The van der Waals surface area contributed by atoms with Gasteiger partial charge in [-0.1, -0.05) is 133 Å². The van der Waals surface area contributed by atoms with Crippen molar-refractivity contribution in [3.8, 4) is 28.2 Å². The molecule has 9 aromatic rings. The van der Waals surface area contributed by atoms with Gasteiger partial charge in [-0.3, -0.25) is 4.57 Å². The van der Waals surface area contributed by atoms with Gasteiger partial charge in [0.2, 0.25) is 0 Å². The largest absolute Gasteiger partial charge is 0.293 e. The molecule has 0 bridgehead atoms. The molecule has 2 heteroatoms. The minimum absolute atomic E-state index is 0.908. The number of rotatable bonds is 2. The molecule has 0 spiro atoms. The molecule has 0 saturated carbocycles. The summed E-state index contributed by atoms with van der Waals surface area (Å²) in [5, 5.41) is 10.1. The zero-order valence-corrected chi connectivity index (χ0v) is 24.0. The molecular formula is C42H26N2. The van der Waals surface area contributed by atoms with Gasteiger partial charge >= 0.3 is 0 Å². The zero-order chi connectivity index (χ0) is 28.8. The molecule has 0 radical (unpaired) electrons. The first-order valence-corrected chi connectivity index (χ1v) is 15.3. The number of hydrogen-bond acceptors (Lipinski definition) is 1. The van der Waals surface area contributed by atoms with Crippen molar-refractivity contribution in [2.45, 2.75) is 6.42 Å². The van der Waals surface area contributed by atoms with E-state index in [9.17, 15) is 0 Å². The molecule has 0 N–H and O–H groups in total. The lowest BCUT2D eigenvalue weighted by molar-refractivity contribution is 1.08. The van der Waals surface area contributed by atoms with E-state index in [1.807, 2.05) is 0 Å². The van der Waals surface area contributed by atoms with Gasteiger partial charge in [0.25, 0.3) is 0 Å². The van der Waals surface area contributed by atoms with Crippen molar-refractivity contribution in [1.29, 1.82) is 0 Å². The second-order valence-electron chi connectivity index (χ2n) is 11.9. The Morgan fingerprint density at radius 3 is 2.11 bits per heavy atom. The molecular weight excluding hydrogens is 532 g/mol. The molecule has 204 valence electrons. The fourth-order valence-electron chi connectivity index (χ4n) is 7.75. The van der Waals surface area contributed by atoms with Gasteiger partial charge < -0.3 is 0 Å². The molecule has 0 aliphatic heterocycles. The van der Waals surface area contributed by atoms with Gasteiger partial charge in [-0.25, -0.2) is 4.98 Å². The Hall–Kier alpha value is -5.73. The molecule has 1 aliphatic rings. The topological polar surface area (TPSA) is 17.8 Å². The van der Waals surface area contributed by atoms with Gasteiger partial charge in [0, 0.05) is 28.1 Å². The summed E-state index contributed by atoms with van der Waals surface area (Å²) in [5.41, 5.74) is 10.1. The highest BCUT2D eigenvalue weighted by Crippen LogP contribution is 2.49. The lowest BCUT2D eigenvalue weighted by atomic mass is 9.94. The fourth-order valence-corrected chi connectivity index (χ4v) is 7.75. The Kier molecular flexibility index (Phi) is 4.81. The number of benzene rings is 7. The van der Waals surface area contributed by atoms with Gasteiger partial charge in [-0.2, -0.15) is 0 Å². The minimum Gasteiger partial charge on any atom is -0.293 e. The Balaban J connectivity index is 1.43. The van der Waals surface area contributed by atoms with Crippen molar-refractivity contribution in [3.05, 3.63) is 157 Å². The Labute approximate surface area is 254 Å². The Bertz CT molecular complexity index is 2630. The van der Waals surface area contributed by atoms with E-state index in [4.69, 9.17) is 4.98 Å². The maximum atomic E-state index is 5.54. The van der Waals surface area contributed by atoms with E-state index in [1.54, 1.807) is 0 Å². The highest BCUT2D eigenvalue weighted by atomic mass is 15.1. The molecule has 0 unspecified atom stereocenters. The molecule has 0 saturated heterocycles. The van der Waals surface area contributed by atoms with Crippen LogP contribution in [0.2, 0.25) is 0 Å². The molecule has 0 fully saturated rings. The van der Waals surface area contributed by atoms with Crippen LogP contribution >= 0.6 is 0 Å². The molecule has 0 atom stereocenters. The normalized spacial score (nSPS) is 12.5. The molecule has 0 amide bonds. The molecule has 2 aromatic heterocycles. The second-order valence-corrected chi connectivity index (χ2v) is 11.9. The smallest absolute Gasteiger partial charge is 0.138 e. The van der Waals surface area contributed by atoms with Crippen molar-refractivity contribution < 1.29 is 0 Å². The van der Waals surface area contributed by atoms with E-state index >= 15 is 0 Å². The van der Waals surface area contributed by atoms with E-state index < -0.39 is 0 Å². The van der Waals surface area contributed by atoms with Crippen LogP contribution in [-0.2, 0) is 6.42 Å². The van der Waals surface area contributed by atoms with Gasteiger partial charge in [0.15, 0.2) is 0 Å². The monoisotopic (exact) mass is 558 g/mol. The van der Waals surface area contributed by atoms with Crippen molar-refractivity contribution >= 4 is 54.1 Å². The number of nitrogens with zero attached hydrogens (tertiary/aromatic N) is 2. The maximum absolute atomic E-state index is 5.54. The van der Waals surface area contributed by atoms with Gasteiger partial charge in [-0.05, 0) is 61.3 Å². The first-order valence-electron chi connectivity index (χ1n) is 15.3. The van der Waals surface area contributed by atoms with Crippen molar-refractivity contribution in [3.63, 3.8) is 0 Å². The third-order valence-electron chi connectivity index (χ3n) is 9.58. The predicted octanol–water partition coefficient (Wildman–Crippen LogP) is 10.9. The standard InChI is InChI=1S/C42H26N2/c1-2-13-27(14-3-1)41-33-23-22-26-12-4-6-16-29(26)35(33)25-38(43-41)44-37-21-11-10-20-34(37)40-32-19-9-8-18-31(32)39-30-17-7-5-15-28(30)24-36(39)42(40)44/h1-23,25H,24H2. The highest BCUT2D eigenvalue weighted by molar-refractivity contribution is 6.26. The summed E-state index contributed by atoms with van der Waals surface area (Å²) in [6.45, 7) is 0. The van der Waals surface area contributed by atoms with Crippen LogP contribution in [0, 0.1) is 0 Å². The SMILES string of the molecule is c1ccc(-c2nc(-n3c4ccccc4c4c5ccccc5c5c(c43)Cc3ccccc3-5)cc3c2ccc2ccccc23)cc1. The first kappa shape index (κ1) is 23.8. The van der Waals surface area contributed by atoms with Crippen LogP contribution in [-0.4, -0.2) is 9.55 Å². The molecule has 10 rings (SSSR count). The minimum atomic E-state index is 0.908. The van der Waals surface area contributed by atoms with Crippen molar-refractivity contribution in [2.75, 3.05) is 0 Å².